The fourth-order valence-corrected chi connectivity index (χ4v) is 3.04. The summed E-state index contributed by atoms with van der Waals surface area (Å²) in [4.78, 5) is 12.1. The number of benzene rings is 2. The number of carbonyl (C=O) groups is 1. The molecule has 0 saturated heterocycles. The second kappa shape index (κ2) is 9.69. The third-order valence-corrected chi connectivity index (χ3v) is 4.47. The van der Waals surface area contributed by atoms with Gasteiger partial charge in [0, 0.05) is 40.8 Å². The molecule has 1 aromatic heterocycles. The first-order valence-corrected chi connectivity index (χ1v) is 9.45. The zero-order valence-electron chi connectivity index (χ0n) is 16.4. The molecule has 156 valence electrons. The lowest BCUT2D eigenvalue weighted by molar-refractivity contribution is -0.137. The highest BCUT2D eigenvalue weighted by Crippen LogP contribution is 2.29. The molecular formula is C24H18F3N3O. The van der Waals surface area contributed by atoms with Gasteiger partial charge in [0.05, 0.1) is 24.6 Å². The molecule has 1 amide bonds. The molecule has 1 N–H and O–H groups in total. The highest BCUT2D eigenvalue weighted by atomic mass is 19.4. The van der Waals surface area contributed by atoms with Crippen LogP contribution in [-0.4, -0.2) is 17.0 Å². The molecular weight excluding hydrogens is 403 g/mol. The van der Waals surface area contributed by atoms with E-state index in [4.69, 9.17) is 5.26 Å². The van der Waals surface area contributed by atoms with Gasteiger partial charge in [0.1, 0.15) is 0 Å². The first-order valence-electron chi connectivity index (χ1n) is 9.45. The minimum Gasteiger partial charge on any atom is -0.346 e. The van der Waals surface area contributed by atoms with E-state index < -0.39 is 11.7 Å². The summed E-state index contributed by atoms with van der Waals surface area (Å²) < 4.78 is 40.1. The third-order valence-electron chi connectivity index (χ3n) is 4.47. The van der Waals surface area contributed by atoms with Crippen molar-refractivity contribution in [3.63, 3.8) is 0 Å². The number of nitriles is 1. The number of nitrogens with one attached hydrogen (secondary N) is 1. The van der Waals surface area contributed by atoms with Gasteiger partial charge in [-0.2, -0.15) is 18.4 Å². The quantitative estimate of drug-likeness (QED) is 0.477. The number of amides is 1. The standard InChI is InChI=1S/C24H18F3N3O/c25-24(26,27)20-8-3-6-18(16-20)7-4-14-29-23(31)12-11-19-17-30(15-5-13-28)22-10-2-1-9-21(19)22/h1-3,6,8-12,16-17H,5,14-15H2,(H,29,31)/b12-11+. The van der Waals surface area contributed by atoms with Gasteiger partial charge in [0.15, 0.2) is 0 Å². The number of hydrogen-bond donors (Lipinski definition) is 1. The molecule has 0 spiro atoms. The molecule has 0 atom stereocenters. The Bertz CT molecular complexity index is 1220. The molecule has 3 aromatic rings. The summed E-state index contributed by atoms with van der Waals surface area (Å²) in [6.45, 7) is 0.561. The average Bonchev–Trinajstić information content (AvgIpc) is 3.11. The Labute approximate surface area is 177 Å². The third kappa shape index (κ3) is 5.77. The van der Waals surface area contributed by atoms with E-state index in [0.717, 1.165) is 28.6 Å². The molecule has 0 fully saturated rings. The van der Waals surface area contributed by atoms with Gasteiger partial charge in [-0.05, 0) is 30.3 Å². The Hall–Kier alpha value is -3.97. The van der Waals surface area contributed by atoms with Crippen LogP contribution >= 0.6 is 0 Å². The minimum absolute atomic E-state index is 0.00332. The Morgan fingerprint density at radius 1 is 1.16 bits per heavy atom. The lowest BCUT2D eigenvalue weighted by Crippen LogP contribution is -2.20. The van der Waals surface area contributed by atoms with Crippen LogP contribution in [0.4, 0.5) is 13.2 Å². The van der Waals surface area contributed by atoms with Gasteiger partial charge in [0.25, 0.3) is 0 Å². The maximum Gasteiger partial charge on any atom is 0.416 e. The zero-order chi connectivity index (χ0) is 22.3. The van der Waals surface area contributed by atoms with Gasteiger partial charge >= 0.3 is 6.18 Å². The Morgan fingerprint density at radius 2 is 1.97 bits per heavy atom. The molecule has 0 unspecified atom stereocenters. The van der Waals surface area contributed by atoms with Crippen LogP contribution in [0.25, 0.3) is 17.0 Å². The van der Waals surface area contributed by atoms with Crippen LogP contribution in [0, 0.1) is 23.2 Å². The maximum absolute atomic E-state index is 12.7. The number of carbonyl (C=O) groups excluding carboxylic acids is 1. The first-order chi connectivity index (χ1) is 14.9. The van der Waals surface area contributed by atoms with Crippen molar-refractivity contribution in [3.8, 4) is 17.9 Å². The second-order valence-electron chi connectivity index (χ2n) is 6.63. The SMILES string of the molecule is N#CCCn1cc(/C=C/C(=O)NCC#Cc2cccc(C(F)(F)F)c2)c2ccccc21. The Balaban J connectivity index is 1.63. The predicted molar refractivity (Wildman–Crippen MR) is 113 cm³/mol. The van der Waals surface area contributed by atoms with Crippen LogP contribution in [0.3, 0.4) is 0 Å². The molecule has 31 heavy (non-hydrogen) atoms. The number of rotatable bonds is 5. The van der Waals surface area contributed by atoms with E-state index in [2.05, 4.69) is 23.2 Å². The first kappa shape index (κ1) is 21.7. The van der Waals surface area contributed by atoms with E-state index in [9.17, 15) is 18.0 Å². The van der Waals surface area contributed by atoms with Crippen molar-refractivity contribution in [1.29, 1.82) is 5.26 Å². The van der Waals surface area contributed by atoms with E-state index in [1.807, 2.05) is 35.0 Å². The van der Waals surface area contributed by atoms with Crippen molar-refractivity contribution in [2.45, 2.75) is 19.1 Å². The minimum atomic E-state index is -4.42. The van der Waals surface area contributed by atoms with Gasteiger partial charge < -0.3 is 9.88 Å². The van der Waals surface area contributed by atoms with Crippen molar-refractivity contribution in [2.75, 3.05) is 6.54 Å². The summed E-state index contributed by atoms with van der Waals surface area (Å²) in [5.74, 6) is 4.89. The van der Waals surface area contributed by atoms with E-state index in [0.29, 0.717) is 13.0 Å². The summed E-state index contributed by atoms with van der Waals surface area (Å²) in [6, 6.07) is 14.5. The topological polar surface area (TPSA) is 57.8 Å². The normalized spacial score (nSPS) is 11.2. The number of aryl methyl sites for hydroxylation is 1. The van der Waals surface area contributed by atoms with E-state index >= 15 is 0 Å². The van der Waals surface area contributed by atoms with E-state index in [-0.39, 0.29) is 18.0 Å². The Kier molecular flexibility index (Phi) is 6.79. The maximum atomic E-state index is 12.7. The lowest BCUT2D eigenvalue weighted by Gasteiger charge is -2.05. The number of para-hydroxylation sites is 1. The van der Waals surface area contributed by atoms with Gasteiger partial charge in [-0.25, -0.2) is 0 Å². The highest BCUT2D eigenvalue weighted by Gasteiger charge is 2.30. The van der Waals surface area contributed by atoms with Crippen LogP contribution in [0.1, 0.15) is 23.1 Å². The monoisotopic (exact) mass is 421 g/mol. The van der Waals surface area contributed by atoms with Crippen LogP contribution < -0.4 is 5.32 Å². The number of nitrogens with zero attached hydrogens (tertiary/aromatic N) is 2. The number of aromatic nitrogens is 1. The van der Waals surface area contributed by atoms with Crippen molar-refractivity contribution in [3.05, 3.63) is 77.5 Å². The van der Waals surface area contributed by atoms with Gasteiger partial charge in [0.2, 0.25) is 5.91 Å². The second-order valence-corrected chi connectivity index (χ2v) is 6.63. The summed E-state index contributed by atoms with van der Waals surface area (Å²) in [5.41, 5.74) is 1.29. The smallest absolute Gasteiger partial charge is 0.346 e. The number of alkyl halides is 3. The van der Waals surface area contributed by atoms with Crippen molar-refractivity contribution in [1.82, 2.24) is 9.88 Å². The van der Waals surface area contributed by atoms with E-state index in [1.54, 1.807) is 6.08 Å². The molecule has 0 aliphatic heterocycles. The summed E-state index contributed by atoms with van der Waals surface area (Å²) in [5, 5.41) is 12.4. The lowest BCUT2D eigenvalue weighted by atomic mass is 10.1. The fourth-order valence-electron chi connectivity index (χ4n) is 3.04. The van der Waals surface area contributed by atoms with Crippen LogP contribution in [-0.2, 0) is 17.5 Å². The molecule has 1 heterocycles. The number of hydrogen-bond acceptors (Lipinski definition) is 2. The largest absolute Gasteiger partial charge is 0.416 e. The summed E-state index contributed by atoms with van der Waals surface area (Å²) >= 11 is 0. The van der Waals surface area contributed by atoms with Crippen molar-refractivity contribution in [2.24, 2.45) is 0 Å². The molecule has 7 heteroatoms. The number of fused-ring (bicyclic) bond motifs is 1. The van der Waals surface area contributed by atoms with Gasteiger partial charge in [-0.15, -0.1) is 0 Å². The molecule has 2 aromatic carbocycles. The summed E-state index contributed by atoms with van der Waals surface area (Å²) in [7, 11) is 0. The number of halogens is 3. The van der Waals surface area contributed by atoms with Gasteiger partial charge in [-0.3, -0.25) is 4.79 Å². The fraction of sp³-hybridized carbons (Fsp3) is 0.167. The molecule has 0 saturated carbocycles. The predicted octanol–water partition coefficient (Wildman–Crippen LogP) is 4.75. The van der Waals surface area contributed by atoms with Gasteiger partial charge in [-0.1, -0.05) is 36.1 Å². The highest BCUT2D eigenvalue weighted by molar-refractivity contribution is 5.96. The molecule has 0 bridgehead atoms. The van der Waals surface area contributed by atoms with Crippen molar-refractivity contribution >= 4 is 22.9 Å². The van der Waals surface area contributed by atoms with Crippen LogP contribution in [0.5, 0.6) is 0 Å². The van der Waals surface area contributed by atoms with Crippen LogP contribution in [0.15, 0.2) is 60.8 Å². The average molecular weight is 421 g/mol. The van der Waals surface area contributed by atoms with Crippen molar-refractivity contribution < 1.29 is 18.0 Å². The molecule has 0 aliphatic carbocycles. The summed E-state index contributed by atoms with van der Waals surface area (Å²) in [6.07, 6.45) is 0.906. The molecule has 0 aliphatic rings. The van der Waals surface area contributed by atoms with Crippen LogP contribution in [0.2, 0.25) is 0 Å². The molecule has 0 radical (unpaired) electrons. The Morgan fingerprint density at radius 3 is 2.74 bits per heavy atom. The zero-order valence-corrected chi connectivity index (χ0v) is 16.4. The van der Waals surface area contributed by atoms with E-state index in [1.165, 1.54) is 18.2 Å². The molecule has 4 nitrogen and oxygen atoms in total. The molecule has 3 rings (SSSR count).